The van der Waals surface area contributed by atoms with E-state index in [9.17, 15) is 14.4 Å². The molecule has 114 valence electrons. The van der Waals surface area contributed by atoms with Crippen LogP contribution in [-0.2, 0) is 4.79 Å². The summed E-state index contributed by atoms with van der Waals surface area (Å²) in [6, 6.07) is -0.0830. The van der Waals surface area contributed by atoms with Crippen LogP contribution in [0.15, 0.2) is 4.79 Å². The summed E-state index contributed by atoms with van der Waals surface area (Å²) in [5, 5.41) is 17.9. The monoisotopic (exact) mass is 293 g/mol. The maximum absolute atomic E-state index is 12.2. The topological polar surface area (TPSA) is 112 Å². The van der Waals surface area contributed by atoms with E-state index in [0.29, 0.717) is 36.9 Å². The number of aromatic amines is 1. The van der Waals surface area contributed by atoms with Gasteiger partial charge in [0.1, 0.15) is 5.56 Å². The van der Waals surface area contributed by atoms with E-state index in [1.165, 1.54) is 0 Å². The minimum Gasteiger partial charge on any atom is -0.481 e. The van der Waals surface area contributed by atoms with Crippen molar-refractivity contribution in [2.24, 2.45) is 5.92 Å². The van der Waals surface area contributed by atoms with E-state index in [4.69, 9.17) is 5.11 Å². The Labute approximate surface area is 121 Å². The van der Waals surface area contributed by atoms with Gasteiger partial charge in [-0.05, 0) is 45.1 Å². The average molecular weight is 293 g/mol. The Hall–Kier alpha value is -2.18. The van der Waals surface area contributed by atoms with Crippen molar-refractivity contribution in [2.75, 3.05) is 0 Å². The lowest BCUT2D eigenvalue weighted by Crippen LogP contribution is -2.41. The van der Waals surface area contributed by atoms with Gasteiger partial charge in [0.2, 0.25) is 0 Å². The summed E-state index contributed by atoms with van der Waals surface area (Å²) in [5.41, 5.74) is 0.752. The molecule has 7 nitrogen and oxygen atoms in total. The number of nitrogens with zero attached hydrogens (tertiary/aromatic N) is 1. The number of aliphatic carboxylic acids is 1. The van der Waals surface area contributed by atoms with Crippen molar-refractivity contribution in [3.8, 4) is 0 Å². The fourth-order valence-corrected chi connectivity index (χ4v) is 2.64. The van der Waals surface area contributed by atoms with Gasteiger partial charge in [0, 0.05) is 6.04 Å². The van der Waals surface area contributed by atoms with Crippen molar-refractivity contribution in [2.45, 2.75) is 45.6 Å². The molecule has 1 saturated carbocycles. The van der Waals surface area contributed by atoms with Gasteiger partial charge in [0.15, 0.2) is 0 Å². The van der Waals surface area contributed by atoms with E-state index >= 15 is 0 Å². The number of carbonyl (C=O) groups is 2. The molecule has 1 heterocycles. The van der Waals surface area contributed by atoms with Crippen LogP contribution < -0.4 is 10.9 Å². The summed E-state index contributed by atoms with van der Waals surface area (Å²) in [4.78, 5) is 34.9. The van der Waals surface area contributed by atoms with Gasteiger partial charge in [-0.25, -0.2) is 5.10 Å². The van der Waals surface area contributed by atoms with Gasteiger partial charge in [-0.15, -0.1) is 0 Å². The molecule has 1 fully saturated rings. The number of amides is 1. The standard InChI is InChI=1S/C14H19N3O4/c1-7-8(2)16-17-13(19)11(7)12(18)15-10-5-3-9(4-6-10)14(20)21/h9-10H,3-6H2,1-2H3,(H,15,18)(H,17,19)(H,20,21). The van der Waals surface area contributed by atoms with E-state index in [1.807, 2.05) is 0 Å². The van der Waals surface area contributed by atoms with Gasteiger partial charge in [0.25, 0.3) is 11.5 Å². The van der Waals surface area contributed by atoms with Crippen LogP contribution in [0.2, 0.25) is 0 Å². The van der Waals surface area contributed by atoms with Crippen LogP contribution in [-0.4, -0.2) is 33.2 Å². The van der Waals surface area contributed by atoms with Crippen molar-refractivity contribution >= 4 is 11.9 Å². The molecule has 0 atom stereocenters. The first-order valence-corrected chi connectivity index (χ1v) is 6.99. The SMILES string of the molecule is Cc1n[nH]c(=O)c(C(=O)NC2CCC(C(=O)O)CC2)c1C. The van der Waals surface area contributed by atoms with E-state index in [1.54, 1.807) is 13.8 Å². The molecule has 3 N–H and O–H groups in total. The van der Waals surface area contributed by atoms with Crippen molar-refractivity contribution in [3.63, 3.8) is 0 Å². The molecule has 0 unspecified atom stereocenters. The Balaban J connectivity index is 2.05. The van der Waals surface area contributed by atoms with Crippen molar-refractivity contribution in [3.05, 3.63) is 27.2 Å². The predicted molar refractivity (Wildman–Crippen MR) is 75.2 cm³/mol. The molecule has 1 aromatic rings. The molecule has 1 aromatic heterocycles. The summed E-state index contributed by atoms with van der Waals surface area (Å²) in [7, 11) is 0. The molecule has 0 saturated heterocycles. The molecule has 0 aromatic carbocycles. The first kappa shape index (κ1) is 15.2. The van der Waals surface area contributed by atoms with E-state index in [2.05, 4.69) is 15.5 Å². The second kappa shape index (κ2) is 6.07. The summed E-state index contributed by atoms with van der Waals surface area (Å²) in [5.74, 6) is -1.53. The molecule has 0 aliphatic heterocycles. The predicted octanol–water partition coefficient (Wildman–Crippen LogP) is 0.760. The number of hydrogen-bond donors (Lipinski definition) is 3. The normalized spacial score (nSPS) is 21.8. The van der Waals surface area contributed by atoms with Gasteiger partial charge in [0.05, 0.1) is 11.6 Å². The first-order chi connectivity index (χ1) is 9.90. The Morgan fingerprint density at radius 1 is 1.24 bits per heavy atom. The van der Waals surface area contributed by atoms with Gasteiger partial charge < -0.3 is 10.4 Å². The van der Waals surface area contributed by atoms with Crippen LogP contribution >= 0.6 is 0 Å². The van der Waals surface area contributed by atoms with E-state index in [0.717, 1.165) is 0 Å². The fourth-order valence-electron chi connectivity index (χ4n) is 2.64. The van der Waals surface area contributed by atoms with E-state index in [-0.39, 0.29) is 17.5 Å². The minimum atomic E-state index is -0.781. The van der Waals surface area contributed by atoms with Crippen LogP contribution in [0, 0.1) is 19.8 Å². The van der Waals surface area contributed by atoms with Crippen molar-refractivity contribution in [1.29, 1.82) is 0 Å². The second-order valence-electron chi connectivity index (χ2n) is 5.50. The third-order valence-corrected chi connectivity index (χ3v) is 4.11. The van der Waals surface area contributed by atoms with E-state index < -0.39 is 17.4 Å². The minimum absolute atomic E-state index is 0.0830. The zero-order valence-electron chi connectivity index (χ0n) is 12.1. The zero-order chi connectivity index (χ0) is 15.6. The maximum atomic E-state index is 12.2. The lowest BCUT2D eigenvalue weighted by atomic mass is 9.86. The maximum Gasteiger partial charge on any atom is 0.306 e. The molecular weight excluding hydrogens is 274 g/mol. The van der Waals surface area contributed by atoms with Gasteiger partial charge >= 0.3 is 5.97 Å². The van der Waals surface area contributed by atoms with Gasteiger partial charge in [-0.1, -0.05) is 0 Å². The molecule has 1 aliphatic rings. The molecule has 1 amide bonds. The lowest BCUT2D eigenvalue weighted by molar-refractivity contribution is -0.142. The average Bonchev–Trinajstić information content (AvgIpc) is 2.44. The molecule has 0 bridgehead atoms. The molecular formula is C14H19N3O4. The number of H-pyrrole nitrogens is 1. The van der Waals surface area contributed by atoms with Crippen molar-refractivity contribution < 1.29 is 14.7 Å². The molecule has 0 radical (unpaired) electrons. The summed E-state index contributed by atoms with van der Waals surface area (Å²) < 4.78 is 0. The highest BCUT2D eigenvalue weighted by atomic mass is 16.4. The van der Waals surface area contributed by atoms with Crippen LogP contribution in [0.3, 0.4) is 0 Å². The highest BCUT2D eigenvalue weighted by molar-refractivity contribution is 5.95. The molecule has 0 spiro atoms. The largest absolute Gasteiger partial charge is 0.481 e. The number of rotatable bonds is 3. The Kier molecular flexibility index (Phi) is 4.40. The quantitative estimate of drug-likeness (QED) is 0.761. The first-order valence-electron chi connectivity index (χ1n) is 6.99. The number of nitrogens with one attached hydrogen (secondary N) is 2. The Morgan fingerprint density at radius 3 is 2.43 bits per heavy atom. The van der Waals surface area contributed by atoms with Gasteiger partial charge in [-0.2, -0.15) is 5.10 Å². The third-order valence-electron chi connectivity index (χ3n) is 4.11. The number of carbonyl (C=O) groups excluding carboxylic acids is 1. The Bertz CT molecular complexity index is 615. The Morgan fingerprint density at radius 2 is 1.86 bits per heavy atom. The van der Waals surface area contributed by atoms with Crippen LogP contribution in [0.1, 0.15) is 47.3 Å². The fraction of sp³-hybridized carbons (Fsp3) is 0.571. The van der Waals surface area contributed by atoms with Crippen LogP contribution in [0.5, 0.6) is 0 Å². The van der Waals surface area contributed by atoms with Crippen molar-refractivity contribution in [1.82, 2.24) is 15.5 Å². The zero-order valence-corrected chi connectivity index (χ0v) is 12.1. The number of carboxylic acid groups (broad SMARTS) is 1. The lowest BCUT2D eigenvalue weighted by Gasteiger charge is -2.26. The molecule has 1 aliphatic carbocycles. The van der Waals surface area contributed by atoms with Crippen LogP contribution in [0.25, 0.3) is 0 Å². The van der Waals surface area contributed by atoms with Gasteiger partial charge in [-0.3, -0.25) is 14.4 Å². The molecule has 21 heavy (non-hydrogen) atoms. The highest BCUT2D eigenvalue weighted by Gasteiger charge is 2.27. The number of aryl methyl sites for hydroxylation is 1. The summed E-state index contributed by atoms with van der Waals surface area (Å²) >= 11 is 0. The number of carboxylic acids is 1. The number of hydrogen-bond acceptors (Lipinski definition) is 4. The summed E-state index contributed by atoms with van der Waals surface area (Å²) in [6.07, 6.45) is 2.32. The molecule has 7 heteroatoms. The van der Waals surface area contributed by atoms with Crippen LogP contribution in [0.4, 0.5) is 0 Å². The smallest absolute Gasteiger partial charge is 0.306 e. The second-order valence-corrected chi connectivity index (χ2v) is 5.50. The number of aromatic nitrogens is 2. The molecule has 2 rings (SSSR count). The highest BCUT2D eigenvalue weighted by Crippen LogP contribution is 2.24. The summed E-state index contributed by atoms with van der Waals surface area (Å²) in [6.45, 7) is 3.41. The third kappa shape index (κ3) is 3.29.